The molecule has 1 aliphatic rings. The van der Waals surface area contributed by atoms with Gasteiger partial charge in [-0.05, 0) is 67.5 Å². The average molecular weight is 274 g/mol. The molecular formula is C16H15FOS. The minimum Gasteiger partial charge on any atom is -0.457 e. The maximum absolute atomic E-state index is 13.6. The monoisotopic (exact) mass is 274 g/mol. The SMILES string of the molecule is CSc1ccc(Oc2ccc(F)c3c2CCC3)cc1. The van der Waals surface area contributed by atoms with Crippen molar-refractivity contribution < 1.29 is 9.13 Å². The van der Waals surface area contributed by atoms with E-state index in [1.807, 2.05) is 30.5 Å². The standard InChI is InChI=1S/C16H15FOS/c1-19-12-7-5-11(6-8-12)18-16-10-9-15(17)13-3-2-4-14(13)16/h5-10H,2-4H2,1H3. The first-order chi connectivity index (χ1) is 9.28. The number of benzene rings is 2. The first-order valence-electron chi connectivity index (χ1n) is 6.40. The minimum absolute atomic E-state index is 0.0995. The molecule has 98 valence electrons. The maximum Gasteiger partial charge on any atom is 0.131 e. The highest BCUT2D eigenvalue weighted by Crippen LogP contribution is 2.35. The quantitative estimate of drug-likeness (QED) is 0.741. The highest BCUT2D eigenvalue weighted by atomic mass is 32.2. The number of thioether (sulfide) groups is 1. The lowest BCUT2D eigenvalue weighted by atomic mass is 10.1. The van der Waals surface area contributed by atoms with Gasteiger partial charge in [-0.15, -0.1) is 11.8 Å². The molecule has 3 heteroatoms. The van der Waals surface area contributed by atoms with Crippen LogP contribution in [-0.2, 0) is 12.8 Å². The fraction of sp³-hybridized carbons (Fsp3) is 0.250. The van der Waals surface area contributed by atoms with Crippen LogP contribution in [0.3, 0.4) is 0 Å². The Bertz CT molecular complexity index is 592. The molecule has 1 nitrogen and oxygen atoms in total. The Morgan fingerprint density at radius 3 is 2.47 bits per heavy atom. The van der Waals surface area contributed by atoms with Gasteiger partial charge in [-0.3, -0.25) is 0 Å². The van der Waals surface area contributed by atoms with E-state index < -0.39 is 0 Å². The lowest BCUT2D eigenvalue weighted by Crippen LogP contribution is -1.94. The van der Waals surface area contributed by atoms with Gasteiger partial charge < -0.3 is 4.74 Å². The number of ether oxygens (including phenoxy) is 1. The predicted molar refractivity (Wildman–Crippen MR) is 76.7 cm³/mol. The summed E-state index contributed by atoms with van der Waals surface area (Å²) in [6, 6.07) is 11.2. The summed E-state index contributed by atoms with van der Waals surface area (Å²) in [5, 5.41) is 0. The van der Waals surface area contributed by atoms with Crippen LogP contribution in [0.4, 0.5) is 4.39 Å². The van der Waals surface area contributed by atoms with E-state index in [9.17, 15) is 4.39 Å². The first-order valence-corrected chi connectivity index (χ1v) is 7.62. The van der Waals surface area contributed by atoms with Crippen molar-refractivity contribution in [3.8, 4) is 11.5 Å². The third kappa shape index (κ3) is 2.47. The van der Waals surface area contributed by atoms with Crippen molar-refractivity contribution in [1.82, 2.24) is 0 Å². The van der Waals surface area contributed by atoms with Crippen LogP contribution < -0.4 is 4.74 Å². The second-order valence-corrected chi connectivity index (χ2v) is 5.51. The molecule has 0 heterocycles. The van der Waals surface area contributed by atoms with Crippen LogP contribution in [0.25, 0.3) is 0 Å². The van der Waals surface area contributed by atoms with Crippen molar-refractivity contribution in [2.24, 2.45) is 0 Å². The van der Waals surface area contributed by atoms with E-state index in [-0.39, 0.29) is 5.82 Å². The van der Waals surface area contributed by atoms with Gasteiger partial charge in [0.05, 0.1) is 0 Å². The molecular weight excluding hydrogens is 259 g/mol. The smallest absolute Gasteiger partial charge is 0.131 e. The number of halogens is 1. The van der Waals surface area contributed by atoms with Crippen molar-refractivity contribution in [1.29, 1.82) is 0 Å². The Morgan fingerprint density at radius 2 is 1.74 bits per heavy atom. The zero-order valence-corrected chi connectivity index (χ0v) is 11.6. The predicted octanol–water partition coefficient (Wildman–Crippen LogP) is 4.83. The van der Waals surface area contributed by atoms with Crippen LogP contribution in [0, 0.1) is 5.82 Å². The number of rotatable bonds is 3. The average Bonchev–Trinajstić information content (AvgIpc) is 2.93. The summed E-state index contributed by atoms with van der Waals surface area (Å²) >= 11 is 1.70. The normalized spacial score (nSPS) is 13.4. The number of fused-ring (bicyclic) bond motifs is 1. The molecule has 2 aromatic rings. The molecule has 0 N–H and O–H groups in total. The van der Waals surface area contributed by atoms with E-state index >= 15 is 0 Å². The maximum atomic E-state index is 13.6. The van der Waals surface area contributed by atoms with Gasteiger partial charge in [-0.1, -0.05) is 0 Å². The third-order valence-electron chi connectivity index (χ3n) is 3.47. The Balaban J connectivity index is 1.89. The second-order valence-electron chi connectivity index (χ2n) is 4.63. The van der Waals surface area contributed by atoms with Crippen molar-refractivity contribution >= 4 is 11.8 Å². The summed E-state index contributed by atoms with van der Waals surface area (Å²) in [7, 11) is 0. The summed E-state index contributed by atoms with van der Waals surface area (Å²) in [5.74, 6) is 1.50. The molecule has 0 fully saturated rings. The zero-order valence-electron chi connectivity index (χ0n) is 10.8. The Hall–Kier alpha value is -1.48. The first kappa shape index (κ1) is 12.5. The second kappa shape index (κ2) is 5.25. The van der Waals surface area contributed by atoms with Crippen LogP contribution in [0.5, 0.6) is 11.5 Å². The Morgan fingerprint density at radius 1 is 1.00 bits per heavy atom. The van der Waals surface area contributed by atoms with Crippen molar-refractivity contribution in [2.45, 2.75) is 24.2 Å². The van der Waals surface area contributed by atoms with Gasteiger partial charge in [0.25, 0.3) is 0 Å². The van der Waals surface area contributed by atoms with Gasteiger partial charge in [0, 0.05) is 10.5 Å². The molecule has 19 heavy (non-hydrogen) atoms. The van der Waals surface area contributed by atoms with Crippen LogP contribution in [0.2, 0.25) is 0 Å². The number of hydrogen-bond acceptors (Lipinski definition) is 2. The summed E-state index contributed by atoms with van der Waals surface area (Å²) < 4.78 is 19.5. The van der Waals surface area contributed by atoms with E-state index in [1.54, 1.807) is 17.8 Å². The van der Waals surface area contributed by atoms with E-state index in [2.05, 4.69) is 0 Å². The van der Waals surface area contributed by atoms with Gasteiger partial charge >= 0.3 is 0 Å². The molecule has 0 amide bonds. The van der Waals surface area contributed by atoms with Crippen LogP contribution in [0.15, 0.2) is 41.3 Å². The van der Waals surface area contributed by atoms with Gasteiger partial charge in [-0.25, -0.2) is 4.39 Å². The van der Waals surface area contributed by atoms with Gasteiger partial charge in [0.15, 0.2) is 0 Å². The minimum atomic E-state index is -0.0995. The molecule has 2 aromatic carbocycles. The Kier molecular flexibility index (Phi) is 3.47. The fourth-order valence-corrected chi connectivity index (χ4v) is 2.90. The molecule has 0 saturated heterocycles. The molecule has 3 rings (SSSR count). The summed E-state index contributed by atoms with van der Waals surface area (Å²) in [5.41, 5.74) is 1.87. The van der Waals surface area contributed by atoms with Gasteiger partial charge in [0.2, 0.25) is 0 Å². The fourth-order valence-electron chi connectivity index (χ4n) is 2.50. The van der Waals surface area contributed by atoms with Crippen LogP contribution in [0.1, 0.15) is 17.5 Å². The summed E-state index contributed by atoms with van der Waals surface area (Å²) in [6.45, 7) is 0. The molecule has 1 aliphatic carbocycles. The summed E-state index contributed by atoms with van der Waals surface area (Å²) in [4.78, 5) is 1.21. The van der Waals surface area contributed by atoms with E-state index in [0.29, 0.717) is 0 Å². The summed E-state index contributed by atoms with van der Waals surface area (Å²) in [6.07, 6.45) is 4.79. The number of hydrogen-bond donors (Lipinski definition) is 0. The van der Waals surface area contributed by atoms with Gasteiger partial charge in [0.1, 0.15) is 17.3 Å². The molecule has 0 unspecified atom stereocenters. The largest absolute Gasteiger partial charge is 0.457 e. The molecule has 0 bridgehead atoms. The molecule has 0 aromatic heterocycles. The topological polar surface area (TPSA) is 9.23 Å². The molecule has 0 atom stereocenters. The lowest BCUT2D eigenvalue weighted by molar-refractivity contribution is 0.474. The lowest BCUT2D eigenvalue weighted by Gasteiger charge is -2.11. The molecule has 0 saturated carbocycles. The zero-order chi connectivity index (χ0) is 13.2. The molecule has 0 spiro atoms. The van der Waals surface area contributed by atoms with Crippen molar-refractivity contribution in [3.05, 3.63) is 53.3 Å². The highest BCUT2D eigenvalue weighted by Gasteiger charge is 2.19. The Labute approximate surface area is 116 Å². The van der Waals surface area contributed by atoms with Crippen LogP contribution in [-0.4, -0.2) is 6.26 Å². The third-order valence-corrected chi connectivity index (χ3v) is 4.22. The molecule has 0 radical (unpaired) electrons. The van der Waals surface area contributed by atoms with Crippen LogP contribution >= 0.6 is 11.8 Å². The highest BCUT2D eigenvalue weighted by molar-refractivity contribution is 7.98. The van der Waals surface area contributed by atoms with E-state index in [1.165, 1.54) is 11.0 Å². The van der Waals surface area contributed by atoms with E-state index in [0.717, 1.165) is 41.9 Å². The van der Waals surface area contributed by atoms with Gasteiger partial charge in [-0.2, -0.15) is 0 Å². The van der Waals surface area contributed by atoms with Crippen molar-refractivity contribution in [2.75, 3.05) is 6.26 Å². The molecule has 0 aliphatic heterocycles. The van der Waals surface area contributed by atoms with E-state index in [4.69, 9.17) is 4.74 Å². The van der Waals surface area contributed by atoms with Crippen molar-refractivity contribution in [3.63, 3.8) is 0 Å².